The normalized spacial score (nSPS) is 14.5. The SMILES string of the molecule is CCCOc1ccc(C2C(C(=O)Nc3cccc(C)c3)=C(C)Nc3nc(SCc4ccccc4F)nn32)cc1. The maximum Gasteiger partial charge on any atom is 0.255 e. The van der Waals surface area contributed by atoms with Crippen LogP contribution in [0.1, 0.15) is 43.0 Å². The first-order valence-electron chi connectivity index (χ1n) is 12.8. The van der Waals surface area contributed by atoms with Gasteiger partial charge in [0.05, 0.1) is 12.2 Å². The zero-order chi connectivity index (χ0) is 27.4. The molecule has 3 aromatic carbocycles. The van der Waals surface area contributed by atoms with Gasteiger partial charge < -0.3 is 15.4 Å². The molecule has 200 valence electrons. The number of hydrogen-bond acceptors (Lipinski definition) is 6. The standard InChI is InChI=1S/C30H30FN5O2S/c1-4-16-38-24-14-12-21(13-15-24)27-26(28(37)33-23-10-7-8-19(2)17-23)20(3)32-29-34-30(35-36(27)29)39-18-22-9-5-6-11-25(22)31/h5-15,17,27H,4,16,18H2,1-3H3,(H,33,37)(H,32,34,35). The number of fused-ring (bicyclic) bond motifs is 1. The van der Waals surface area contributed by atoms with E-state index in [0.29, 0.717) is 46.0 Å². The van der Waals surface area contributed by atoms with Crippen molar-refractivity contribution in [2.75, 3.05) is 17.2 Å². The van der Waals surface area contributed by atoms with Gasteiger partial charge in [-0.25, -0.2) is 9.07 Å². The highest BCUT2D eigenvalue weighted by atomic mass is 32.2. The third kappa shape index (κ3) is 5.98. The van der Waals surface area contributed by atoms with Crippen molar-refractivity contribution in [3.8, 4) is 5.75 Å². The molecule has 0 saturated carbocycles. The first kappa shape index (κ1) is 26.5. The highest BCUT2D eigenvalue weighted by Crippen LogP contribution is 2.37. The topological polar surface area (TPSA) is 81.1 Å². The zero-order valence-corrected chi connectivity index (χ0v) is 22.9. The second kappa shape index (κ2) is 11.7. The van der Waals surface area contributed by atoms with E-state index in [1.54, 1.807) is 16.8 Å². The zero-order valence-electron chi connectivity index (χ0n) is 22.1. The molecule has 0 spiro atoms. The van der Waals surface area contributed by atoms with Gasteiger partial charge in [-0.3, -0.25) is 4.79 Å². The molecule has 1 aromatic heterocycles. The lowest BCUT2D eigenvalue weighted by Gasteiger charge is -2.28. The molecule has 0 radical (unpaired) electrons. The third-order valence-electron chi connectivity index (χ3n) is 6.34. The van der Waals surface area contributed by atoms with Crippen LogP contribution in [0.2, 0.25) is 0 Å². The molecule has 0 saturated heterocycles. The molecule has 1 amide bonds. The molecule has 1 aliphatic heterocycles. The molecular formula is C30H30FN5O2S. The number of anilines is 2. The number of nitrogens with zero attached hydrogens (tertiary/aromatic N) is 3. The molecule has 7 nitrogen and oxygen atoms in total. The fourth-order valence-electron chi connectivity index (χ4n) is 4.44. The number of carbonyl (C=O) groups excluding carboxylic acids is 1. The van der Waals surface area contributed by atoms with Gasteiger partial charge in [-0.1, -0.05) is 61.2 Å². The van der Waals surface area contributed by atoms with Crippen LogP contribution < -0.4 is 15.4 Å². The average molecular weight is 544 g/mol. The van der Waals surface area contributed by atoms with Crippen molar-refractivity contribution < 1.29 is 13.9 Å². The van der Waals surface area contributed by atoms with Crippen LogP contribution in [0.3, 0.4) is 0 Å². The summed E-state index contributed by atoms with van der Waals surface area (Å²) in [7, 11) is 0. The number of allylic oxidation sites excluding steroid dienone is 1. The van der Waals surface area contributed by atoms with Crippen molar-refractivity contribution in [1.82, 2.24) is 14.8 Å². The Morgan fingerprint density at radius 3 is 2.64 bits per heavy atom. The first-order valence-corrected chi connectivity index (χ1v) is 13.8. The predicted octanol–water partition coefficient (Wildman–Crippen LogP) is 6.73. The van der Waals surface area contributed by atoms with Gasteiger partial charge in [0.1, 0.15) is 17.6 Å². The summed E-state index contributed by atoms with van der Waals surface area (Å²) < 4.78 is 21.7. The van der Waals surface area contributed by atoms with Gasteiger partial charge >= 0.3 is 0 Å². The lowest BCUT2D eigenvalue weighted by atomic mass is 9.95. The molecule has 2 N–H and O–H groups in total. The molecule has 9 heteroatoms. The number of ether oxygens (including phenoxy) is 1. The van der Waals surface area contributed by atoms with Gasteiger partial charge in [-0.2, -0.15) is 4.98 Å². The molecule has 39 heavy (non-hydrogen) atoms. The number of aromatic nitrogens is 3. The van der Waals surface area contributed by atoms with E-state index in [4.69, 9.17) is 9.84 Å². The molecule has 0 bridgehead atoms. The highest BCUT2D eigenvalue weighted by Gasteiger charge is 2.34. The summed E-state index contributed by atoms with van der Waals surface area (Å²) in [5.74, 6) is 1.18. The molecule has 4 aromatic rings. The van der Waals surface area contributed by atoms with Gasteiger partial charge in [0.25, 0.3) is 5.91 Å². The minimum atomic E-state index is -0.526. The van der Waals surface area contributed by atoms with Crippen LogP contribution in [0.25, 0.3) is 0 Å². The van der Waals surface area contributed by atoms with Gasteiger partial charge in [0.15, 0.2) is 0 Å². The summed E-state index contributed by atoms with van der Waals surface area (Å²) in [6.45, 7) is 6.53. The second-order valence-electron chi connectivity index (χ2n) is 9.35. The van der Waals surface area contributed by atoms with Crippen LogP contribution in [0.5, 0.6) is 5.75 Å². The van der Waals surface area contributed by atoms with Crippen LogP contribution in [0.15, 0.2) is 89.2 Å². The van der Waals surface area contributed by atoms with Crippen molar-refractivity contribution in [1.29, 1.82) is 0 Å². The Morgan fingerprint density at radius 1 is 1.10 bits per heavy atom. The van der Waals surface area contributed by atoms with Gasteiger partial charge in [-0.05, 0) is 67.3 Å². The van der Waals surface area contributed by atoms with E-state index in [1.165, 1.54) is 17.8 Å². The van der Waals surface area contributed by atoms with Gasteiger partial charge in [0.2, 0.25) is 11.1 Å². The monoisotopic (exact) mass is 543 g/mol. The van der Waals surface area contributed by atoms with Crippen LogP contribution in [0.4, 0.5) is 16.0 Å². The number of hydrogen-bond donors (Lipinski definition) is 2. The molecule has 2 heterocycles. The average Bonchev–Trinajstić information content (AvgIpc) is 3.33. The Labute approximate surface area is 231 Å². The molecule has 1 aliphatic rings. The Kier molecular flexibility index (Phi) is 7.97. The van der Waals surface area contributed by atoms with E-state index in [1.807, 2.05) is 68.4 Å². The Bertz CT molecular complexity index is 1520. The van der Waals surface area contributed by atoms with Crippen LogP contribution in [-0.4, -0.2) is 27.3 Å². The van der Waals surface area contributed by atoms with Crippen LogP contribution in [-0.2, 0) is 10.5 Å². The second-order valence-corrected chi connectivity index (χ2v) is 10.3. The van der Waals surface area contributed by atoms with Crippen molar-refractivity contribution >= 4 is 29.3 Å². The number of rotatable bonds is 9. The van der Waals surface area contributed by atoms with E-state index >= 15 is 0 Å². The van der Waals surface area contributed by atoms with Crippen molar-refractivity contribution in [2.24, 2.45) is 0 Å². The van der Waals surface area contributed by atoms with E-state index in [0.717, 1.165) is 23.3 Å². The fourth-order valence-corrected chi connectivity index (χ4v) is 5.26. The number of nitrogens with one attached hydrogen (secondary N) is 2. The molecule has 5 rings (SSSR count). The summed E-state index contributed by atoms with van der Waals surface area (Å²) in [6.07, 6.45) is 0.914. The molecular weight excluding hydrogens is 513 g/mol. The number of carbonyl (C=O) groups is 1. The largest absolute Gasteiger partial charge is 0.494 e. The minimum Gasteiger partial charge on any atom is -0.494 e. The minimum absolute atomic E-state index is 0.233. The smallest absolute Gasteiger partial charge is 0.255 e. The Hall–Kier alpha value is -4.11. The number of amides is 1. The lowest BCUT2D eigenvalue weighted by Crippen LogP contribution is -2.31. The summed E-state index contributed by atoms with van der Waals surface area (Å²) in [6, 6.07) is 21.5. The van der Waals surface area contributed by atoms with Gasteiger partial charge in [-0.15, -0.1) is 5.10 Å². The van der Waals surface area contributed by atoms with Crippen LogP contribution >= 0.6 is 11.8 Å². The van der Waals surface area contributed by atoms with Crippen molar-refractivity contribution in [3.05, 3.63) is 107 Å². The predicted molar refractivity (Wildman–Crippen MR) is 152 cm³/mol. The fraction of sp³-hybridized carbons (Fsp3) is 0.233. The first-order chi connectivity index (χ1) is 18.9. The number of benzene rings is 3. The van der Waals surface area contributed by atoms with E-state index in [-0.39, 0.29) is 11.7 Å². The Balaban J connectivity index is 1.48. The van der Waals surface area contributed by atoms with E-state index in [9.17, 15) is 9.18 Å². The molecule has 1 unspecified atom stereocenters. The number of halogens is 1. The molecule has 1 atom stereocenters. The van der Waals surface area contributed by atoms with E-state index in [2.05, 4.69) is 22.5 Å². The lowest BCUT2D eigenvalue weighted by molar-refractivity contribution is -0.113. The maximum atomic E-state index is 14.2. The summed E-state index contributed by atoms with van der Waals surface area (Å²) in [4.78, 5) is 18.4. The van der Waals surface area contributed by atoms with Gasteiger partial charge in [0, 0.05) is 17.1 Å². The Morgan fingerprint density at radius 2 is 1.90 bits per heavy atom. The number of thioether (sulfide) groups is 1. The van der Waals surface area contributed by atoms with Crippen molar-refractivity contribution in [2.45, 2.75) is 44.1 Å². The van der Waals surface area contributed by atoms with Crippen LogP contribution in [0, 0.1) is 12.7 Å². The highest BCUT2D eigenvalue weighted by molar-refractivity contribution is 7.98. The third-order valence-corrected chi connectivity index (χ3v) is 7.22. The van der Waals surface area contributed by atoms with E-state index < -0.39 is 6.04 Å². The van der Waals surface area contributed by atoms with Crippen molar-refractivity contribution in [3.63, 3.8) is 0 Å². The summed E-state index contributed by atoms with van der Waals surface area (Å²) >= 11 is 1.34. The quantitative estimate of drug-likeness (QED) is 0.228. The summed E-state index contributed by atoms with van der Waals surface area (Å²) in [5.41, 5.74) is 4.42. The number of aryl methyl sites for hydroxylation is 1. The molecule has 0 fully saturated rings. The summed E-state index contributed by atoms with van der Waals surface area (Å²) in [5, 5.41) is 11.5. The maximum absolute atomic E-state index is 14.2. The molecule has 0 aliphatic carbocycles.